The molecule has 0 spiro atoms. The predicted molar refractivity (Wildman–Crippen MR) is 80.9 cm³/mol. The zero-order chi connectivity index (χ0) is 15.2. The van der Waals surface area contributed by atoms with E-state index in [1.54, 1.807) is 12.1 Å². The molecule has 0 bridgehead atoms. The van der Waals surface area contributed by atoms with E-state index < -0.39 is 5.82 Å². The minimum absolute atomic E-state index is 0.0613. The summed E-state index contributed by atoms with van der Waals surface area (Å²) >= 11 is 0. The Kier molecular flexibility index (Phi) is 5.17. The first-order valence-electron chi connectivity index (χ1n) is 6.95. The minimum atomic E-state index is -0.392. The highest BCUT2D eigenvalue weighted by molar-refractivity contribution is 5.36. The maximum absolute atomic E-state index is 13.6. The monoisotopic (exact) mass is 289 g/mol. The Balaban J connectivity index is 2.11. The average Bonchev–Trinajstić information content (AvgIpc) is 2.52. The smallest absolute Gasteiger partial charge is 0.165 e. The van der Waals surface area contributed by atoms with Gasteiger partial charge in [-0.2, -0.15) is 0 Å². The summed E-state index contributed by atoms with van der Waals surface area (Å²) in [6.45, 7) is 2.31. The van der Waals surface area contributed by atoms with Crippen molar-refractivity contribution in [1.82, 2.24) is 0 Å². The van der Waals surface area contributed by atoms with Gasteiger partial charge in [-0.3, -0.25) is 0 Å². The van der Waals surface area contributed by atoms with Gasteiger partial charge in [-0.05, 0) is 30.2 Å². The van der Waals surface area contributed by atoms with E-state index in [4.69, 9.17) is 15.2 Å². The van der Waals surface area contributed by atoms with E-state index in [9.17, 15) is 4.39 Å². The minimum Gasteiger partial charge on any atom is -0.494 e. The first kappa shape index (κ1) is 15.3. The van der Waals surface area contributed by atoms with Crippen LogP contribution in [0.2, 0.25) is 0 Å². The summed E-state index contributed by atoms with van der Waals surface area (Å²) in [6.07, 6.45) is 0.831. The molecule has 21 heavy (non-hydrogen) atoms. The van der Waals surface area contributed by atoms with Crippen LogP contribution in [0.25, 0.3) is 0 Å². The van der Waals surface area contributed by atoms with Crippen molar-refractivity contribution in [2.45, 2.75) is 26.0 Å². The molecule has 2 aromatic carbocycles. The number of rotatable bonds is 6. The lowest BCUT2D eigenvalue weighted by atomic mass is 10.0. The number of hydrogen-bond acceptors (Lipinski definition) is 3. The van der Waals surface area contributed by atoms with Crippen molar-refractivity contribution >= 4 is 0 Å². The van der Waals surface area contributed by atoms with Crippen LogP contribution in [0.4, 0.5) is 4.39 Å². The molecular formula is C17H20FNO2. The van der Waals surface area contributed by atoms with Gasteiger partial charge in [0.1, 0.15) is 12.4 Å². The lowest BCUT2D eigenvalue weighted by Crippen LogP contribution is -2.10. The highest BCUT2D eigenvalue weighted by Gasteiger charge is 2.10. The fraction of sp³-hybridized carbons (Fsp3) is 0.294. The molecule has 0 saturated heterocycles. The van der Waals surface area contributed by atoms with Crippen molar-refractivity contribution in [3.05, 3.63) is 59.4 Å². The van der Waals surface area contributed by atoms with Crippen LogP contribution >= 0.6 is 0 Å². The highest BCUT2D eigenvalue weighted by Crippen LogP contribution is 2.26. The van der Waals surface area contributed by atoms with Crippen molar-refractivity contribution in [2.75, 3.05) is 7.11 Å². The van der Waals surface area contributed by atoms with Crippen LogP contribution in [0, 0.1) is 5.82 Å². The number of halogens is 1. The molecule has 0 heterocycles. The fourth-order valence-corrected chi connectivity index (χ4v) is 2.10. The van der Waals surface area contributed by atoms with E-state index in [1.807, 2.05) is 31.2 Å². The summed E-state index contributed by atoms with van der Waals surface area (Å²) in [5, 5.41) is 0. The summed E-state index contributed by atoms with van der Waals surface area (Å²) in [6, 6.07) is 12.4. The second kappa shape index (κ2) is 7.09. The van der Waals surface area contributed by atoms with Gasteiger partial charge in [-0.15, -0.1) is 0 Å². The number of benzene rings is 2. The Morgan fingerprint density at radius 3 is 2.57 bits per heavy atom. The molecule has 0 aliphatic heterocycles. The maximum Gasteiger partial charge on any atom is 0.165 e. The van der Waals surface area contributed by atoms with Crippen molar-refractivity contribution in [3.8, 4) is 11.5 Å². The first-order chi connectivity index (χ1) is 10.2. The normalized spacial score (nSPS) is 12.0. The second-order valence-electron chi connectivity index (χ2n) is 4.81. The molecule has 1 atom stereocenters. The maximum atomic E-state index is 13.6. The summed E-state index contributed by atoms with van der Waals surface area (Å²) < 4.78 is 24.3. The third-order valence-corrected chi connectivity index (χ3v) is 3.37. The summed E-state index contributed by atoms with van der Waals surface area (Å²) in [4.78, 5) is 0. The van der Waals surface area contributed by atoms with E-state index in [-0.39, 0.29) is 18.4 Å². The average molecular weight is 289 g/mol. The van der Waals surface area contributed by atoms with Gasteiger partial charge in [-0.25, -0.2) is 4.39 Å². The molecule has 4 heteroatoms. The van der Waals surface area contributed by atoms with Gasteiger partial charge in [0.25, 0.3) is 0 Å². The number of nitrogens with two attached hydrogens (primary N) is 1. The van der Waals surface area contributed by atoms with E-state index >= 15 is 0 Å². The SMILES string of the molecule is CCC(N)c1ccccc1OCc1ccc(OC)c(F)c1. The molecule has 0 radical (unpaired) electrons. The van der Waals surface area contributed by atoms with Crippen molar-refractivity contribution < 1.29 is 13.9 Å². The Morgan fingerprint density at radius 1 is 1.14 bits per heavy atom. The van der Waals surface area contributed by atoms with Gasteiger partial charge in [-0.1, -0.05) is 31.2 Å². The number of hydrogen-bond donors (Lipinski definition) is 1. The molecule has 0 saturated carbocycles. The molecule has 112 valence electrons. The molecule has 0 amide bonds. The van der Waals surface area contributed by atoms with Crippen molar-refractivity contribution in [3.63, 3.8) is 0 Å². The lowest BCUT2D eigenvalue weighted by molar-refractivity contribution is 0.299. The van der Waals surface area contributed by atoms with Crippen LogP contribution in [-0.4, -0.2) is 7.11 Å². The Hall–Kier alpha value is -2.07. The van der Waals surface area contributed by atoms with Crippen molar-refractivity contribution in [2.24, 2.45) is 5.73 Å². The quantitative estimate of drug-likeness (QED) is 0.879. The van der Waals surface area contributed by atoms with Gasteiger partial charge >= 0.3 is 0 Å². The Morgan fingerprint density at radius 2 is 1.90 bits per heavy atom. The molecule has 0 aliphatic rings. The molecule has 1 unspecified atom stereocenters. The van der Waals surface area contributed by atoms with E-state index in [2.05, 4.69) is 0 Å². The molecule has 2 N–H and O–H groups in total. The standard InChI is InChI=1S/C17H20FNO2/c1-3-15(19)13-6-4-5-7-16(13)21-11-12-8-9-17(20-2)14(18)10-12/h4-10,15H,3,11,19H2,1-2H3. The largest absolute Gasteiger partial charge is 0.494 e. The fourth-order valence-electron chi connectivity index (χ4n) is 2.10. The highest BCUT2D eigenvalue weighted by atomic mass is 19.1. The Bertz CT molecular complexity index is 601. The predicted octanol–water partition coefficient (Wildman–Crippen LogP) is 3.82. The topological polar surface area (TPSA) is 44.5 Å². The molecule has 0 fully saturated rings. The lowest BCUT2D eigenvalue weighted by Gasteiger charge is -2.15. The van der Waals surface area contributed by atoms with Gasteiger partial charge < -0.3 is 15.2 Å². The molecular weight excluding hydrogens is 269 g/mol. The number of para-hydroxylation sites is 1. The summed E-state index contributed by atoms with van der Waals surface area (Å²) in [5.74, 6) is 0.576. The molecule has 3 nitrogen and oxygen atoms in total. The molecule has 2 aromatic rings. The molecule has 0 aromatic heterocycles. The summed E-state index contributed by atoms with van der Waals surface area (Å²) in [5.41, 5.74) is 7.78. The second-order valence-corrected chi connectivity index (χ2v) is 4.81. The summed E-state index contributed by atoms with van der Waals surface area (Å²) in [7, 11) is 1.44. The van der Waals surface area contributed by atoms with E-state index in [0.29, 0.717) is 0 Å². The van der Waals surface area contributed by atoms with Crippen LogP contribution in [0.5, 0.6) is 11.5 Å². The van der Waals surface area contributed by atoms with Crippen LogP contribution in [0.1, 0.15) is 30.5 Å². The van der Waals surface area contributed by atoms with E-state index in [0.717, 1.165) is 23.3 Å². The van der Waals surface area contributed by atoms with Gasteiger partial charge in [0.2, 0.25) is 0 Å². The van der Waals surface area contributed by atoms with Crippen molar-refractivity contribution in [1.29, 1.82) is 0 Å². The zero-order valence-electron chi connectivity index (χ0n) is 12.3. The molecule has 0 aliphatic carbocycles. The number of methoxy groups -OCH3 is 1. The Labute approximate surface area is 124 Å². The molecule has 2 rings (SSSR count). The van der Waals surface area contributed by atoms with E-state index in [1.165, 1.54) is 13.2 Å². The third kappa shape index (κ3) is 3.73. The van der Waals surface area contributed by atoms with Crippen LogP contribution in [0.15, 0.2) is 42.5 Å². The van der Waals surface area contributed by atoms with Gasteiger partial charge in [0, 0.05) is 11.6 Å². The van der Waals surface area contributed by atoms with Crippen LogP contribution in [-0.2, 0) is 6.61 Å². The zero-order valence-corrected chi connectivity index (χ0v) is 12.3. The number of ether oxygens (including phenoxy) is 2. The van der Waals surface area contributed by atoms with Gasteiger partial charge in [0.15, 0.2) is 11.6 Å². The first-order valence-corrected chi connectivity index (χ1v) is 6.95. The van der Waals surface area contributed by atoms with Crippen LogP contribution < -0.4 is 15.2 Å². The van der Waals surface area contributed by atoms with Crippen LogP contribution in [0.3, 0.4) is 0 Å². The third-order valence-electron chi connectivity index (χ3n) is 3.37. The van der Waals surface area contributed by atoms with Gasteiger partial charge in [0.05, 0.1) is 7.11 Å².